The minimum Gasteiger partial charge on any atom is -0.411 e. The van der Waals surface area contributed by atoms with Crippen LogP contribution in [0, 0.1) is 34.0 Å². The molecule has 5 aliphatic rings. The number of Topliss-reactive ketones (excluding diaryl/α,β-unsaturated/α-hetero) is 1. The molecule has 4 aliphatic carbocycles. The molecule has 0 aromatic heterocycles. The fraction of sp³-hybridized carbons (Fsp3) is 0.826. The SMILES string of the molecule is CC1(C)C2=CC[C@@H]3[C@H](CC[C@]4(C)C(=O)/C(=N/O)C[C@@H]34)[C@@]2(C)CCC12OCCO2. The minimum absolute atomic E-state index is 0.0778. The molecular weight excluding hydrogens is 354 g/mol. The first kappa shape index (κ1) is 18.8. The van der Waals surface area contributed by atoms with Crippen LogP contribution in [0.25, 0.3) is 0 Å². The van der Waals surface area contributed by atoms with Gasteiger partial charge in [0.2, 0.25) is 0 Å². The predicted molar refractivity (Wildman–Crippen MR) is 105 cm³/mol. The van der Waals surface area contributed by atoms with Crippen LogP contribution in [0.2, 0.25) is 0 Å². The number of hydrogen-bond donors (Lipinski definition) is 1. The molecule has 0 unspecified atom stereocenters. The Labute approximate surface area is 167 Å². The summed E-state index contributed by atoms with van der Waals surface area (Å²) in [5, 5.41) is 12.7. The molecule has 0 radical (unpaired) electrons. The van der Waals surface area contributed by atoms with Crippen molar-refractivity contribution in [1.82, 2.24) is 0 Å². The van der Waals surface area contributed by atoms with Gasteiger partial charge in [0.05, 0.1) is 13.2 Å². The highest BCUT2D eigenvalue weighted by Gasteiger charge is 2.66. The molecule has 5 rings (SSSR count). The zero-order valence-electron chi connectivity index (χ0n) is 17.6. The zero-order valence-corrected chi connectivity index (χ0v) is 17.6. The number of oxime groups is 1. The number of hydrogen-bond acceptors (Lipinski definition) is 5. The summed E-state index contributed by atoms with van der Waals surface area (Å²) < 4.78 is 12.4. The van der Waals surface area contributed by atoms with Crippen molar-refractivity contribution in [3.05, 3.63) is 11.6 Å². The summed E-state index contributed by atoms with van der Waals surface area (Å²) in [6.07, 6.45) is 8.06. The van der Waals surface area contributed by atoms with E-state index >= 15 is 0 Å². The summed E-state index contributed by atoms with van der Waals surface area (Å²) in [6.45, 7) is 10.5. The fourth-order valence-electron chi connectivity index (χ4n) is 7.98. The van der Waals surface area contributed by atoms with Gasteiger partial charge in [0.25, 0.3) is 0 Å². The van der Waals surface area contributed by atoms with Crippen LogP contribution < -0.4 is 0 Å². The first-order chi connectivity index (χ1) is 13.2. The van der Waals surface area contributed by atoms with Crippen molar-refractivity contribution >= 4 is 11.5 Å². The lowest BCUT2D eigenvalue weighted by atomic mass is 9.44. The molecule has 1 saturated heterocycles. The highest BCUT2D eigenvalue weighted by Crippen LogP contribution is 2.68. The van der Waals surface area contributed by atoms with Crippen molar-refractivity contribution in [2.45, 2.75) is 72.0 Å². The van der Waals surface area contributed by atoms with Gasteiger partial charge in [0.15, 0.2) is 11.6 Å². The lowest BCUT2D eigenvalue weighted by Crippen LogP contribution is -2.59. The number of carbonyl (C=O) groups excluding carboxylic acids is 1. The van der Waals surface area contributed by atoms with Crippen molar-refractivity contribution < 1.29 is 19.5 Å². The Morgan fingerprint density at radius 3 is 2.43 bits per heavy atom. The Balaban J connectivity index is 1.54. The minimum atomic E-state index is -0.478. The van der Waals surface area contributed by atoms with Gasteiger partial charge < -0.3 is 14.7 Å². The van der Waals surface area contributed by atoms with Crippen molar-refractivity contribution in [3.8, 4) is 0 Å². The smallest absolute Gasteiger partial charge is 0.186 e. The number of ketones is 1. The van der Waals surface area contributed by atoms with Crippen LogP contribution in [-0.4, -0.2) is 35.7 Å². The second-order valence-electron chi connectivity index (χ2n) is 10.8. The highest BCUT2D eigenvalue weighted by atomic mass is 16.7. The molecule has 1 spiro atoms. The maximum atomic E-state index is 12.9. The third kappa shape index (κ3) is 2.05. The van der Waals surface area contributed by atoms with Gasteiger partial charge in [0.1, 0.15) is 5.71 Å². The molecule has 0 aromatic rings. The molecule has 1 heterocycles. The van der Waals surface area contributed by atoms with E-state index in [9.17, 15) is 10.0 Å². The van der Waals surface area contributed by atoms with Crippen molar-refractivity contribution in [3.63, 3.8) is 0 Å². The Hall–Kier alpha value is -1.20. The predicted octanol–water partition coefficient (Wildman–Crippen LogP) is 4.34. The third-order valence-electron chi connectivity index (χ3n) is 9.52. The topological polar surface area (TPSA) is 68.1 Å². The summed E-state index contributed by atoms with van der Waals surface area (Å²) in [4.78, 5) is 12.9. The van der Waals surface area contributed by atoms with E-state index in [1.807, 2.05) is 0 Å². The molecule has 5 nitrogen and oxygen atoms in total. The number of ether oxygens (including phenoxy) is 2. The normalized spacial score (nSPS) is 47.6. The standard InChI is InChI=1S/C23H33NO4/c1-20(2)18-6-5-14-15(21(18,3)9-10-23(20)27-11-12-28-23)7-8-22(4)16(14)13-17(24-26)19(22)25/h6,14-16,26H,5,7-13H2,1-4H3/b24-17+/t14-,15+,16+,21-,22+/m1/s1. The second kappa shape index (κ2) is 5.69. The van der Waals surface area contributed by atoms with E-state index in [4.69, 9.17) is 9.47 Å². The van der Waals surface area contributed by atoms with E-state index in [1.54, 1.807) is 0 Å². The average Bonchev–Trinajstić information content (AvgIpc) is 3.24. The molecule has 4 fully saturated rings. The van der Waals surface area contributed by atoms with Gasteiger partial charge in [0, 0.05) is 23.7 Å². The maximum Gasteiger partial charge on any atom is 0.186 e. The van der Waals surface area contributed by atoms with Crippen molar-refractivity contribution in [2.75, 3.05) is 13.2 Å². The van der Waals surface area contributed by atoms with Crippen LogP contribution in [0.5, 0.6) is 0 Å². The number of carbonyl (C=O) groups is 1. The molecule has 3 saturated carbocycles. The van der Waals surface area contributed by atoms with E-state index in [2.05, 4.69) is 38.9 Å². The third-order valence-corrected chi connectivity index (χ3v) is 9.52. The van der Waals surface area contributed by atoms with E-state index in [1.165, 1.54) is 5.57 Å². The number of rotatable bonds is 0. The monoisotopic (exact) mass is 387 g/mol. The van der Waals surface area contributed by atoms with E-state index in [-0.39, 0.29) is 27.9 Å². The summed E-state index contributed by atoms with van der Waals surface area (Å²) in [5.41, 5.74) is 1.51. The maximum absolute atomic E-state index is 12.9. The summed E-state index contributed by atoms with van der Waals surface area (Å²) in [5.74, 6) is 0.931. The van der Waals surface area contributed by atoms with Gasteiger partial charge in [-0.05, 0) is 48.9 Å². The molecule has 0 amide bonds. The number of nitrogens with zero attached hydrogens (tertiary/aromatic N) is 1. The molecule has 1 aliphatic heterocycles. The lowest BCUT2D eigenvalue weighted by molar-refractivity contribution is -0.246. The van der Waals surface area contributed by atoms with Crippen LogP contribution >= 0.6 is 0 Å². The molecule has 0 bridgehead atoms. The first-order valence-electron chi connectivity index (χ1n) is 10.9. The average molecular weight is 388 g/mol. The Kier molecular flexibility index (Phi) is 3.82. The van der Waals surface area contributed by atoms with E-state index in [0.717, 1.165) is 32.1 Å². The zero-order chi connectivity index (χ0) is 19.9. The van der Waals surface area contributed by atoms with Crippen LogP contribution in [0.3, 0.4) is 0 Å². The van der Waals surface area contributed by atoms with Crippen LogP contribution in [0.1, 0.15) is 66.2 Å². The molecule has 5 atom stereocenters. The van der Waals surface area contributed by atoms with Gasteiger partial charge in [-0.1, -0.05) is 44.5 Å². The largest absolute Gasteiger partial charge is 0.411 e. The van der Waals surface area contributed by atoms with Gasteiger partial charge in [-0.2, -0.15) is 0 Å². The van der Waals surface area contributed by atoms with E-state index in [0.29, 0.717) is 37.2 Å². The Morgan fingerprint density at radius 1 is 1.04 bits per heavy atom. The first-order valence-corrected chi connectivity index (χ1v) is 10.9. The van der Waals surface area contributed by atoms with Gasteiger partial charge in [-0.3, -0.25) is 4.79 Å². The van der Waals surface area contributed by atoms with Crippen LogP contribution in [0.4, 0.5) is 0 Å². The highest BCUT2D eigenvalue weighted by molar-refractivity contribution is 6.43. The Bertz CT molecular complexity index is 777. The Morgan fingerprint density at radius 2 is 1.75 bits per heavy atom. The molecule has 1 N–H and O–H groups in total. The van der Waals surface area contributed by atoms with Crippen LogP contribution in [-0.2, 0) is 14.3 Å². The van der Waals surface area contributed by atoms with Gasteiger partial charge in [-0.15, -0.1) is 0 Å². The summed E-state index contributed by atoms with van der Waals surface area (Å²) in [7, 11) is 0. The lowest BCUT2D eigenvalue weighted by Gasteiger charge is -2.62. The number of fused-ring (bicyclic) bond motifs is 5. The fourth-order valence-corrected chi connectivity index (χ4v) is 7.98. The molecule has 5 heteroatoms. The quantitative estimate of drug-likeness (QED) is 0.381. The van der Waals surface area contributed by atoms with E-state index < -0.39 is 5.79 Å². The molecule has 154 valence electrons. The van der Waals surface area contributed by atoms with Gasteiger partial charge in [-0.25, -0.2) is 0 Å². The van der Waals surface area contributed by atoms with Crippen LogP contribution in [0.15, 0.2) is 16.8 Å². The summed E-state index contributed by atoms with van der Waals surface area (Å²) >= 11 is 0. The molecule has 28 heavy (non-hydrogen) atoms. The molecular formula is C23H33NO4. The molecule has 0 aromatic carbocycles. The van der Waals surface area contributed by atoms with Gasteiger partial charge >= 0.3 is 0 Å². The van der Waals surface area contributed by atoms with Crippen molar-refractivity contribution in [1.29, 1.82) is 0 Å². The van der Waals surface area contributed by atoms with Crippen molar-refractivity contribution in [2.24, 2.45) is 39.2 Å². The number of allylic oxidation sites excluding steroid dienone is 1. The second-order valence-corrected chi connectivity index (χ2v) is 10.8. The summed E-state index contributed by atoms with van der Waals surface area (Å²) in [6, 6.07) is 0.